The lowest BCUT2D eigenvalue weighted by Crippen LogP contribution is -2.46. The van der Waals surface area contributed by atoms with Crippen LogP contribution in [-0.4, -0.2) is 35.6 Å². The number of rotatable bonds is 5. The Labute approximate surface area is 131 Å². The lowest BCUT2D eigenvalue weighted by Gasteiger charge is -2.26. The molecule has 120 valence electrons. The van der Waals surface area contributed by atoms with Crippen LogP contribution in [0, 0.1) is 5.92 Å². The minimum atomic E-state index is -0.582. The molecule has 1 aromatic carbocycles. The standard InChI is InChI=1S/C17H24N2O3/c1-12(19-17(22)14-7-3-2-4-8-14)16(21)18-11-13-6-5-9-15(20)10-13/h2-4,7-8,12-13,15,20H,5-6,9-11H2,1H3,(H,18,21)(H,19,22). The van der Waals surface area contributed by atoms with E-state index >= 15 is 0 Å². The summed E-state index contributed by atoms with van der Waals surface area (Å²) < 4.78 is 0. The predicted molar refractivity (Wildman–Crippen MR) is 84.3 cm³/mol. The summed E-state index contributed by atoms with van der Waals surface area (Å²) in [6.07, 6.45) is 3.38. The SMILES string of the molecule is CC(NC(=O)c1ccccc1)C(=O)NCC1CCCC(O)C1. The van der Waals surface area contributed by atoms with E-state index in [0.717, 1.165) is 25.7 Å². The summed E-state index contributed by atoms with van der Waals surface area (Å²) >= 11 is 0. The van der Waals surface area contributed by atoms with Crippen LogP contribution in [0.25, 0.3) is 0 Å². The van der Waals surface area contributed by atoms with Crippen molar-refractivity contribution in [3.63, 3.8) is 0 Å². The van der Waals surface area contributed by atoms with Gasteiger partial charge in [-0.05, 0) is 44.2 Å². The van der Waals surface area contributed by atoms with Crippen LogP contribution in [0.1, 0.15) is 43.0 Å². The molecule has 0 aliphatic heterocycles. The number of benzene rings is 1. The number of nitrogens with one attached hydrogen (secondary N) is 2. The third-order valence-corrected chi connectivity index (χ3v) is 4.10. The average molecular weight is 304 g/mol. The van der Waals surface area contributed by atoms with Gasteiger partial charge in [-0.15, -0.1) is 0 Å². The van der Waals surface area contributed by atoms with Gasteiger partial charge >= 0.3 is 0 Å². The molecule has 3 N–H and O–H groups in total. The molecule has 0 spiro atoms. The Balaban J connectivity index is 1.76. The van der Waals surface area contributed by atoms with Crippen molar-refractivity contribution in [3.8, 4) is 0 Å². The van der Waals surface area contributed by atoms with Crippen molar-refractivity contribution >= 4 is 11.8 Å². The Morgan fingerprint density at radius 1 is 1.27 bits per heavy atom. The number of carbonyl (C=O) groups excluding carboxylic acids is 2. The minimum Gasteiger partial charge on any atom is -0.393 e. The van der Waals surface area contributed by atoms with Crippen molar-refractivity contribution in [3.05, 3.63) is 35.9 Å². The highest BCUT2D eigenvalue weighted by atomic mass is 16.3. The Hall–Kier alpha value is -1.88. The second kappa shape index (κ2) is 7.94. The molecular formula is C17H24N2O3. The molecular weight excluding hydrogens is 280 g/mol. The van der Waals surface area contributed by atoms with E-state index in [1.807, 2.05) is 6.07 Å². The molecule has 0 saturated heterocycles. The summed E-state index contributed by atoms with van der Waals surface area (Å²) in [5, 5.41) is 15.2. The van der Waals surface area contributed by atoms with Gasteiger partial charge in [-0.25, -0.2) is 0 Å². The number of hydrogen-bond acceptors (Lipinski definition) is 3. The van der Waals surface area contributed by atoms with Crippen molar-refractivity contribution in [2.75, 3.05) is 6.54 Å². The Kier molecular flexibility index (Phi) is 5.95. The van der Waals surface area contributed by atoms with Crippen LogP contribution in [0.2, 0.25) is 0 Å². The maximum absolute atomic E-state index is 12.0. The summed E-state index contributed by atoms with van der Waals surface area (Å²) in [5.41, 5.74) is 0.539. The summed E-state index contributed by atoms with van der Waals surface area (Å²) in [6, 6.07) is 8.25. The van der Waals surface area contributed by atoms with Gasteiger partial charge in [0.15, 0.2) is 0 Å². The van der Waals surface area contributed by atoms with Gasteiger partial charge in [0.2, 0.25) is 5.91 Å². The molecule has 0 radical (unpaired) electrons. The molecule has 1 aliphatic carbocycles. The van der Waals surface area contributed by atoms with Gasteiger partial charge in [0.25, 0.3) is 5.91 Å². The Morgan fingerprint density at radius 2 is 2.00 bits per heavy atom. The van der Waals surface area contributed by atoms with E-state index in [0.29, 0.717) is 18.0 Å². The number of aliphatic hydroxyl groups is 1. The molecule has 5 nitrogen and oxygen atoms in total. The van der Waals surface area contributed by atoms with Gasteiger partial charge in [-0.2, -0.15) is 0 Å². The third-order valence-electron chi connectivity index (χ3n) is 4.10. The van der Waals surface area contributed by atoms with Crippen LogP contribution < -0.4 is 10.6 Å². The van der Waals surface area contributed by atoms with Gasteiger partial charge in [0, 0.05) is 12.1 Å². The maximum atomic E-state index is 12.0. The zero-order valence-electron chi connectivity index (χ0n) is 12.9. The molecule has 2 rings (SSSR count). The highest BCUT2D eigenvalue weighted by molar-refractivity contribution is 5.97. The lowest BCUT2D eigenvalue weighted by atomic mass is 9.87. The van der Waals surface area contributed by atoms with Crippen molar-refractivity contribution in [1.82, 2.24) is 10.6 Å². The fraction of sp³-hybridized carbons (Fsp3) is 0.529. The molecule has 2 amide bonds. The Morgan fingerprint density at radius 3 is 2.68 bits per heavy atom. The highest BCUT2D eigenvalue weighted by Gasteiger charge is 2.22. The number of hydrogen-bond donors (Lipinski definition) is 3. The molecule has 3 atom stereocenters. The van der Waals surface area contributed by atoms with Crippen LogP contribution in [0.5, 0.6) is 0 Å². The van der Waals surface area contributed by atoms with E-state index < -0.39 is 6.04 Å². The molecule has 0 aromatic heterocycles. The number of aliphatic hydroxyl groups excluding tert-OH is 1. The van der Waals surface area contributed by atoms with Gasteiger partial charge < -0.3 is 15.7 Å². The summed E-state index contributed by atoms with van der Waals surface area (Å²) in [5.74, 6) is -0.120. The van der Waals surface area contributed by atoms with Crippen LogP contribution in [0.15, 0.2) is 30.3 Å². The van der Waals surface area contributed by atoms with Crippen LogP contribution in [0.3, 0.4) is 0 Å². The third kappa shape index (κ3) is 4.84. The molecule has 1 fully saturated rings. The van der Waals surface area contributed by atoms with E-state index in [1.54, 1.807) is 31.2 Å². The molecule has 1 aliphatic rings. The van der Waals surface area contributed by atoms with E-state index in [9.17, 15) is 14.7 Å². The van der Waals surface area contributed by atoms with Crippen molar-refractivity contribution in [1.29, 1.82) is 0 Å². The van der Waals surface area contributed by atoms with Crippen LogP contribution in [-0.2, 0) is 4.79 Å². The first-order chi connectivity index (χ1) is 10.6. The van der Waals surface area contributed by atoms with Gasteiger partial charge in [0.1, 0.15) is 6.04 Å². The van der Waals surface area contributed by atoms with Crippen molar-refractivity contribution in [2.24, 2.45) is 5.92 Å². The fourth-order valence-electron chi connectivity index (χ4n) is 2.78. The van der Waals surface area contributed by atoms with Crippen molar-refractivity contribution in [2.45, 2.75) is 44.8 Å². The normalized spacial score (nSPS) is 22.6. The van der Waals surface area contributed by atoms with E-state index in [4.69, 9.17) is 0 Å². The average Bonchev–Trinajstić information content (AvgIpc) is 2.53. The Bertz CT molecular complexity index is 504. The zero-order chi connectivity index (χ0) is 15.9. The molecule has 0 heterocycles. The van der Waals surface area contributed by atoms with Gasteiger partial charge in [-0.3, -0.25) is 9.59 Å². The van der Waals surface area contributed by atoms with E-state index in [2.05, 4.69) is 10.6 Å². The van der Waals surface area contributed by atoms with E-state index in [1.165, 1.54) is 0 Å². The summed E-state index contributed by atoms with van der Waals surface area (Å²) in [7, 11) is 0. The molecule has 3 unspecified atom stereocenters. The monoisotopic (exact) mass is 304 g/mol. The van der Waals surface area contributed by atoms with E-state index in [-0.39, 0.29) is 17.9 Å². The van der Waals surface area contributed by atoms with Crippen LogP contribution in [0.4, 0.5) is 0 Å². The fourth-order valence-corrected chi connectivity index (χ4v) is 2.78. The lowest BCUT2D eigenvalue weighted by molar-refractivity contribution is -0.122. The highest BCUT2D eigenvalue weighted by Crippen LogP contribution is 2.23. The first kappa shape index (κ1) is 16.5. The second-order valence-electron chi connectivity index (χ2n) is 5.99. The van der Waals surface area contributed by atoms with Crippen LogP contribution >= 0.6 is 0 Å². The number of carbonyl (C=O) groups is 2. The summed E-state index contributed by atoms with van der Waals surface area (Å²) in [4.78, 5) is 24.0. The minimum absolute atomic E-state index is 0.190. The molecule has 1 aromatic rings. The topological polar surface area (TPSA) is 78.4 Å². The smallest absolute Gasteiger partial charge is 0.251 e. The second-order valence-corrected chi connectivity index (χ2v) is 5.99. The molecule has 1 saturated carbocycles. The van der Waals surface area contributed by atoms with Gasteiger partial charge in [-0.1, -0.05) is 24.6 Å². The first-order valence-corrected chi connectivity index (χ1v) is 7.88. The maximum Gasteiger partial charge on any atom is 0.251 e. The molecule has 0 bridgehead atoms. The number of amides is 2. The zero-order valence-corrected chi connectivity index (χ0v) is 12.9. The van der Waals surface area contributed by atoms with Gasteiger partial charge in [0.05, 0.1) is 6.10 Å². The van der Waals surface area contributed by atoms with Crippen molar-refractivity contribution < 1.29 is 14.7 Å². The predicted octanol–water partition coefficient (Wildman–Crippen LogP) is 1.47. The summed E-state index contributed by atoms with van der Waals surface area (Å²) in [6.45, 7) is 2.23. The first-order valence-electron chi connectivity index (χ1n) is 7.88. The quantitative estimate of drug-likeness (QED) is 0.771. The largest absolute Gasteiger partial charge is 0.393 e. The molecule has 5 heteroatoms. The molecule has 22 heavy (non-hydrogen) atoms.